The van der Waals surface area contributed by atoms with Crippen LogP contribution in [0.2, 0.25) is 0 Å². The molecule has 1 aromatic heterocycles. The first-order chi connectivity index (χ1) is 8.99. The molecule has 19 heavy (non-hydrogen) atoms. The van der Waals surface area contributed by atoms with Gasteiger partial charge >= 0.3 is 0 Å². The molecule has 0 aliphatic heterocycles. The van der Waals surface area contributed by atoms with E-state index in [2.05, 4.69) is 23.8 Å². The predicted octanol–water partition coefficient (Wildman–Crippen LogP) is 2.20. The molecule has 2 rings (SSSR count). The first kappa shape index (κ1) is 14.4. The van der Waals surface area contributed by atoms with E-state index < -0.39 is 10.0 Å². The Hall–Kier alpha value is -1.04. The second-order valence-electron chi connectivity index (χ2n) is 5.53. The number of aliphatic hydroxyl groups excluding tert-OH is 1. The first-order valence-electron chi connectivity index (χ1n) is 6.28. The van der Waals surface area contributed by atoms with Crippen molar-refractivity contribution in [2.75, 3.05) is 31.1 Å². The summed E-state index contributed by atoms with van der Waals surface area (Å²) in [5.74, 6) is 1.11. The van der Waals surface area contributed by atoms with Gasteiger partial charge in [0.2, 0.25) is 0 Å². The van der Waals surface area contributed by atoms with Crippen LogP contribution < -0.4 is 0 Å². The number of ether oxygens (including phenoxy) is 1. The summed E-state index contributed by atoms with van der Waals surface area (Å²) in [5, 5.41) is 9.17. The monoisotopic (exact) mass is 282 g/mol. The van der Waals surface area contributed by atoms with Crippen LogP contribution in [-0.2, 0) is 18.1 Å². The van der Waals surface area contributed by atoms with Crippen molar-refractivity contribution in [2.45, 2.75) is 13.3 Å². The summed E-state index contributed by atoms with van der Waals surface area (Å²) in [5.41, 5.74) is 2.84. The highest BCUT2D eigenvalue weighted by atomic mass is 32.3. The average molecular weight is 282 g/mol. The van der Waals surface area contributed by atoms with Crippen molar-refractivity contribution >= 4 is 21.1 Å². The fraction of sp³-hybridized carbons (Fsp3) is 0.500. The highest BCUT2D eigenvalue weighted by molar-refractivity contribution is 8.32. The van der Waals surface area contributed by atoms with Gasteiger partial charge in [0.15, 0.2) is 0 Å². The Morgan fingerprint density at radius 2 is 2.11 bits per heavy atom. The highest BCUT2D eigenvalue weighted by Gasteiger charge is 2.06. The van der Waals surface area contributed by atoms with Crippen molar-refractivity contribution in [2.24, 2.45) is 0 Å². The van der Waals surface area contributed by atoms with Crippen LogP contribution in [0.1, 0.15) is 5.56 Å². The van der Waals surface area contributed by atoms with E-state index in [1.54, 1.807) is 6.33 Å². The lowest BCUT2D eigenvalue weighted by molar-refractivity contribution is 0.0923. The lowest BCUT2D eigenvalue weighted by Crippen LogP contribution is -2.09. The molecule has 2 aromatic rings. The summed E-state index contributed by atoms with van der Waals surface area (Å²) in [7, 11) is -0.501. The van der Waals surface area contributed by atoms with Gasteiger partial charge in [-0.25, -0.2) is 15.0 Å². The molecule has 106 valence electrons. The quantitative estimate of drug-likeness (QED) is 0.826. The molecule has 0 spiro atoms. The second kappa shape index (κ2) is 5.94. The zero-order valence-corrected chi connectivity index (χ0v) is 12.6. The van der Waals surface area contributed by atoms with Gasteiger partial charge in [-0.15, -0.1) is 0 Å². The van der Waals surface area contributed by atoms with E-state index in [9.17, 15) is 5.11 Å². The van der Waals surface area contributed by atoms with Gasteiger partial charge in [-0.3, -0.25) is 0 Å². The summed E-state index contributed by atoms with van der Waals surface area (Å²) in [6.07, 6.45) is 8.65. The van der Waals surface area contributed by atoms with E-state index in [1.807, 2.05) is 22.8 Å². The van der Waals surface area contributed by atoms with Crippen LogP contribution in [0.25, 0.3) is 11.0 Å². The van der Waals surface area contributed by atoms with E-state index in [0.717, 1.165) is 29.0 Å². The van der Waals surface area contributed by atoms with Crippen LogP contribution in [0.15, 0.2) is 24.5 Å². The lowest BCUT2D eigenvalue weighted by Gasteiger charge is -2.24. The van der Waals surface area contributed by atoms with Crippen molar-refractivity contribution in [3.8, 4) is 0 Å². The number of hydrogen-bond donors (Lipinski definition) is 1. The molecule has 0 saturated heterocycles. The van der Waals surface area contributed by atoms with E-state index in [4.69, 9.17) is 4.74 Å². The molecule has 0 amide bonds. The Morgan fingerprint density at radius 1 is 1.32 bits per heavy atom. The summed E-state index contributed by atoms with van der Waals surface area (Å²) < 4.78 is 7.70. The molecule has 0 aliphatic carbocycles. The molecule has 5 heteroatoms. The number of rotatable bonds is 6. The minimum absolute atomic E-state index is 0.0510. The van der Waals surface area contributed by atoms with Gasteiger partial charge in [0.25, 0.3) is 0 Å². The second-order valence-corrected chi connectivity index (χ2v) is 10.1. The van der Waals surface area contributed by atoms with E-state index in [1.165, 1.54) is 0 Å². The Morgan fingerprint density at radius 3 is 2.79 bits per heavy atom. The summed E-state index contributed by atoms with van der Waals surface area (Å²) in [6, 6.07) is 5.78. The number of aliphatic hydroxyl groups is 1. The summed E-state index contributed by atoms with van der Waals surface area (Å²) in [4.78, 5) is 4.33. The summed E-state index contributed by atoms with van der Waals surface area (Å²) in [6.45, 7) is 1.34. The zero-order chi connectivity index (χ0) is 13.9. The third kappa shape index (κ3) is 3.96. The van der Waals surface area contributed by atoms with Crippen LogP contribution in [-0.4, -0.2) is 45.8 Å². The van der Waals surface area contributed by atoms with Crippen LogP contribution in [0.3, 0.4) is 0 Å². The highest BCUT2D eigenvalue weighted by Crippen LogP contribution is 2.33. The molecule has 0 bridgehead atoms. The van der Waals surface area contributed by atoms with Crippen LogP contribution >= 0.6 is 10.0 Å². The number of benzene rings is 1. The van der Waals surface area contributed by atoms with Crippen molar-refractivity contribution in [3.63, 3.8) is 0 Å². The van der Waals surface area contributed by atoms with Crippen LogP contribution in [0.4, 0.5) is 0 Å². The van der Waals surface area contributed by atoms with Gasteiger partial charge in [0.1, 0.15) is 6.73 Å². The molecule has 1 heterocycles. The van der Waals surface area contributed by atoms with Gasteiger partial charge in [0, 0.05) is 5.75 Å². The van der Waals surface area contributed by atoms with Crippen molar-refractivity contribution in [1.29, 1.82) is 0 Å². The summed E-state index contributed by atoms with van der Waals surface area (Å²) >= 11 is 0. The number of aromatic nitrogens is 2. The predicted molar refractivity (Wildman–Crippen MR) is 81.8 cm³/mol. The minimum atomic E-state index is -0.501. The molecular formula is C14H22N2O2S. The number of imidazole rings is 1. The molecule has 1 N–H and O–H groups in total. The standard InChI is InChI=1S/C14H22N2O2S/c1-19(2,3)7-6-18-11-16-10-15-13-5-4-12(9-17)8-14(13)16/h4-5,8,10,17H,6-7,9,11H2,1-3H3. The topological polar surface area (TPSA) is 47.3 Å². The van der Waals surface area contributed by atoms with Crippen molar-refractivity contribution in [1.82, 2.24) is 9.55 Å². The maximum Gasteiger partial charge on any atom is 0.124 e. The Bertz CT molecular complexity index is 546. The number of fused-ring (bicyclic) bond motifs is 1. The molecule has 4 nitrogen and oxygen atoms in total. The van der Waals surface area contributed by atoms with Gasteiger partial charge < -0.3 is 14.4 Å². The molecular weight excluding hydrogens is 260 g/mol. The van der Waals surface area contributed by atoms with Crippen LogP contribution in [0, 0.1) is 0 Å². The molecule has 0 fully saturated rings. The van der Waals surface area contributed by atoms with Crippen molar-refractivity contribution in [3.05, 3.63) is 30.1 Å². The molecule has 0 atom stereocenters. The zero-order valence-electron chi connectivity index (χ0n) is 11.8. The normalized spacial score (nSPS) is 13.1. The molecule has 0 aliphatic rings. The fourth-order valence-electron chi connectivity index (χ4n) is 1.78. The van der Waals surface area contributed by atoms with E-state index >= 15 is 0 Å². The maximum absolute atomic E-state index is 9.17. The first-order valence-corrected chi connectivity index (χ1v) is 9.31. The SMILES string of the molecule is CS(C)(C)CCOCn1cnc2ccc(CO)cc21. The minimum Gasteiger partial charge on any atom is -0.392 e. The van der Waals surface area contributed by atoms with Gasteiger partial charge in [-0.1, -0.05) is 6.07 Å². The smallest absolute Gasteiger partial charge is 0.124 e. The van der Waals surface area contributed by atoms with Crippen LogP contribution in [0.5, 0.6) is 0 Å². The van der Waals surface area contributed by atoms with Gasteiger partial charge in [-0.05, 0) is 36.5 Å². The number of hydrogen-bond acceptors (Lipinski definition) is 3. The van der Waals surface area contributed by atoms with Gasteiger partial charge in [0.05, 0.1) is 30.6 Å². The number of nitrogens with zero attached hydrogens (tertiary/aromatic N) is 2. The Labute approximate surface area is 115 Å². The van der Waals surface area contributed by atoms with Gasteiger partial charge in [-0.2, -0.15) is 0 Å². The van der Waals surface area contributed by atoms with Crippen molar-refractivity contribution < 1.29 is 9.84 Å². The Kier molecular flexibility index (Phi) is 4.50. The molecule has 0 unspecified atom stereocenters. The molecule has 1 aromatic carbocycles. The van der Waals surface area contributed by atoms with E-state index in [0.29, 0.717) is 6.73 Å². The third-order valence-electron chi connectivity index (χ3n) is 2.94. The molecule has 0 radical (unpaired) electrons. The largest absolute Gasteiger partial charge is 0.392 e. The Balaban J connectivity index is 2.00. The molecule has 0 saturated carbocycles. The average Bonchev–Trinajstić information content (AvgIpc) is 2.76. The third-order valence-corrected chi connectivity index (χ3v) is 4.33. The lowest BCUT2D eigenvalue weighted by atomic mass is 10.2. The fourth-order valence-corrected chi connectivity index (χ4v) is 2.39. The maximum atomic E-state index is 9.17. The van der Waals surface area contributed by atoms with E-state index in [-0.39, 0.29) is 6.61 Å².